The smallest absolute Gasteiger partial charge is 0.496 e. The van der Waals surface area contributed by atoms with Crippen molar-refractivity contribution in [3.05, 3.63) is 59.7 Å². The summed E-state index contributed by atoms with van der Waals surface area (Å²) in [5.74, 6) is 1.07. The predicted octanol–water partition coefficient (Wildman–Crippen LogP) is 3.54. The maximum absolute atomic E-state index is 12.9. The zero-order chi connectivity index (χ0) is 23.6. The molecule has 0 aromatic heterocycles. The van der Waals surface area contributed by atoms with E-state index in [1.54, 1.807) is 43.2 Å². The van der Waals surface area contributed by atoms with Crippen LogP contribution < -0.4 is 9.47 Å². The number of carbonyl (C=O) groups excluding carboxylic acids is 3. The molecule has 0 bridgehead atoms. The second-order valence-electron chi connectivity index (χ2n) is 7.65. The van der Waals surface area contributed by atoms with Crippen molar-refractivity contribution in [3.8, 4) is 11.5 Å². The van der Waals surface area contributed by atoms with Crippen molar-refractivity contribution in [2.24, 2.45) is 0 Å². The van der Waals surface area contributed by atoms with Gasteiger partial charge in [-0.2, -0.15) is 0 Å². The van der Waals surface area contributed by atoms with Crippen LogP contribution in [0.25, 0.3) is 0 Å². The third-order valence-electron chi connectivity index (χ3n) is 5.50. The van der Waals surface area contributed by atoms with Crippen LogP contribution in [0.3, 0.4) is 0 Å². The highest BCUT2D eigenvalue weighted by Crippen LogP contribution is 2.20. The van der Waals surface area contributed by atoms with Gasteiger partial charge in [-0.05, 0) is 55.7 Å². The summed E-state index contributed by atoms with van der Waals surface area (Å²) in [5, 5.41) is 0. The lowest BCUT2D eigenvalue weighted by molar-refractivity contribution is -0.131. The molecule has 0 N–H and O–H groups in total. The number of amides is 2. The van der Waals surface area contributed by atoms with Crippen LogP contribution in [0.1, 0.15) is 35.7 Å². The Morgan fingerprint density at radius 1 is 0.909 bits per heavy atom. The van der Waals surface area contributed by atoms with Gasteiger partial charge >= 0.3 is 6.16 Å². The zero-order valence-corrected chi connectivity index (χ0v) is 19.1. The molecule has 1 aliphatic rings. The van der Waals surface area contributed by atoms with Gasteiger partial charge in [0.25, 0.3) is 5.91 Å². The number of nitrogens with zero attached hydrogens (tertiary/aromatic N) is 2. The molecule has 1 fully saturated rings. The normalized spacial score (nSPS) is 13.8. The van der Waals surface area contributed by atoms with E-state index in [9.17, 15) is 14.4 Å². The molecule has 2 aromatic rings. The molecule has 0 radical (unpaired) electrons. The molecule has 8 nitrogen and oxygen atoms in total. The molecule has 2 amide bonds. The molecule has 0 spiro atoms. The van der Waals surface area contributed by atoms with Crippen molar-refractivity contribution < 1.29 is 28.6 Å². The number of rotatable bonds is 7. The van der Waals surface area contributed by atoms with Gasteiger partial charge in [0, 0.05) is 38.2 Å². The maximum Gasteiger partial charge on any atom is 0.513 e. The van der Waals surface area contributed by atoms with E-state index in [2.05, 4.69) is 0 Å². The van der Waals surface area contributed by atoms with Crippen LogP contribution in [-0.2, 0) is 16.0 Å². The van der Waals surface area contributed by atoms with Gasteiger partial charge < -0.3 is 24.0 Å². The minimum Gasteiger partial charge on any atom is -0.496 e. The molecule has 1 aliphatic heterocycles. The summed E-state index contributed by atoms with van der Waals surface area (Å²) >= 11 is 0. The average Bonchev–Trinajstić information content (AvgIpc) is 3.09. The highest BCUT2D eigenvalue weighted by molar-refractivity contribution is 5.94. The molecular weight excluding hydrogens is 424 g/mol. The average molecular weight is 455 g/mol. The second kappa shape index (κ2) is 11.9. The fraction of sp³-hybridized carbons (Fsp3) is 0.400. The molecule has 2 aromatic carbocycles. The van der Waals surface area contributed by atoms with Gasteiger partial charge in [0.1, 0.15) is 11.5 Å². The van der Waals surface area contributed by atoms with Crippen molar-refractivity contribution in [1.82, 2.24) is 9.80 Å². The van der Waals surface area contributed by atoms with Gasteiger partial charge in [0.05, 0.1) is 13.7 Å². The van der Waals surface area contributed by atoms with Crippen LogP contribution in [0.2, 0.25) is 0 Å². The van der Waals surface area contributed by atoms with Gasteiger partial charge in [-0.3, -0.25) is 9.59 Å². The van der Waals surface area contributed by atoms with Gasteiger partial charge in [0.2, 0.25) is 5.91 Å². The van der Waals surface area contributed by atoms with E-state index in [1.165, 1.54) is 0 Å². The summed E-state index contributed by atoms with van der Waals surface area (Å²) in [4.78, 5) is 40.7. The van der Waals surface area contributed by atoms with Crippen molar-refractivity contribution in [2.75, 3.05) is 39.9 Å². The third-order valence-corrected chi connectivity index (χ3v) is 5.50. The Hall–Kier alpha value is -3.55. The molecular formula is C25H30N2O6. The molecule has 0 saturated carbocycles. The van der Waals surface area contributed by atoms with E-state index >= 15 is 0 Å². The van der Waals surface area contributed by atoms with E-state index in [0.717, 1.165) is 17.7 Å². The Morgan fingerprint density at radius 2 is 1.61 bits per heavy atom. The van der Waals surface area contributed by atoms with Crippen LogP contribution >= 0.6 is 0 Å². The van der Waals surface area contributed by atoms with Crippen molar-refractivity contribution in [3.63, 3.8) is 0 Å². The molecule has 33 heavy (non-hydrogen) atoms. The van der Waals surface area contributed by atoms with Gasteiger partial charge in [-0.1, -0.05) is 18.2 Å². The minimum absolute atomic E-state index is 0.0793. The standard InChI is InChI=1S/C25H30N2O6/c1-3-32-25(30)33-21-12-9-20(10-13-21)24(29)27-16-6-15-26(17-18-27)23(28)14-11-19-7-4-5-8-22(19)31-2/h4-5,7-10,12-13H,3,6,11,14-18H2,1-2H3. The molecule has 3 rings (SSSR count). The second-order valence-corrected chi connectivity index (χ2v) is 7.65. The monoisotopic (exact) mass is 454 g/mol. The van der Waals surface area contributed by atoms with Crippen molar-refractivity contribution >= 4 is 18.0 Å². The molecule has 1 saturated heterocycles. The molecule has 0 atom stereocenters. The van der Waals surface area contributed by atoms with Crippen LogP contribution in [-0.4, -0.2) is 67.7 Å². The minimum atomic E-state index is -0.778. The number of aryl methyl sites for hydroxylation is 1. The lowest BCUT2D eigenvalue weighted by Gasteiger charge is -2.22. The van der Waals surface area contributed by atoms with Gasteiger partial charge in [0.15, 0.2) is 0 Å². The number of benzene rings is 2. The largest absolute Gasteiger partial charge is 0.513 e. The van der Waals surface area contributed by atoms with E-state index in [0.29, 0.717) is 50.3 Å². The Bertz CT molecular complexity index is 960. The highest BCUT2D eigenvalue weighted by atomic mass is 16.7. The molecule has 0 unspecified atom stereocenters. The van der Waals surface area contributed by atoms with Crippen molar-refractivity contribution in [2.45, 2.75) is 26.2 Å². The van der Waals surface area contributed by atoms with Crippen LogP contribution in [0.5, 0.6) is 11.5 Å². The fourth-order valence-electron chi connectivity index (χ4n) is 3.77. The Balaban J connectivity index is 1.52. The summed E-state index contributed by atoms with van der Waals surface area (Å²) in [6, 6.07) is 14.1. The lowest BCUT2D eigenvalue weighted by atomic mass is 10.1. The number of carbonyl (C=O) groups is 3. The Morgan fingerprint density at radius 3 is 2.33 bits per heavy atom. The number of hydrogen-bond acceptors (Lipinski definition) is 6. The highest BCUT2D eigenvalue weighted by Gasteiger charge is 2.23. The fourth-order valence-corrected chi connectivity index (χ4v) is 3.77. The quantitative estimate of drug-likeness (QED) is 0.470. The summed E-state index contributed by atoms with van der Waals surface area (Å²) < 4.78 is 15.1. The molecule has 176 valence electrons. The SMILES string of the molecule is CCOC(=O)Oc1ccc(C(=O)N2CCCN(C(=O)CCc3ccccc3OC)CC2)cc1. The summed E-state index contributed by atoms with van der Waals surface area (Å²) in [5.41, 5.74) is 1.51. The lowest BCUT2D eigenvalue weighted by Crippen LogP contribution is -2.37. The summed E-state index contributed by atoms with van der Waals surface area (Å²) in [7, 11) is 1.63. The van der Waals surface area contributed by atoms with Crippen molar-refractivity contribution in [1.29, 1.82) is 0 Å². The van der Waals surface area contributed by atoms with E-state index in [-0.39, 0.29) is 18.4 Å². The van der Waals surface area contributed by atoms with Crippen LogP contribution in [0.4, 0.5) is 4.79 Å². The number of hydrogen-bond donors (Lipinski definition) is 0. The molecule has 8 heteroatoms. The zero-order valence-electron chi connectivity index (χ0n) is 19.1. The summed E-state index contributed by atoms with van der Waals surface area (Å²) in [6.07, 6.45) is 0.953. The Labute approximate surface area is 194 Å². The molecule has 1 heterocycles. The third kappa shape index (κ3) is 6.71. The van der Waals surface area contributed by atoms with Gasteiger partial charge in [-0.25, -0.2) is 4.79 Å². The topological polar surface area (TPSA) is 85.4 Å². The number of ether oxygens (including phenoxy) is 3. The Kier molecular flexibility index (Phi) is 8.69. The van der Waals surface area contributed by atoms with Crippen LogP contribution in [0, 0.1) is 0 Å². The number of para-hydroxylation sites is 1. The maximum atomic E-state index is 12.9. The van der Waals surface area contributed by atoms with Crippen LogP contribution in [0.15, 0.2) is 48.5 Å². The first kappa shape index (κ1) is 24.1. The van der Waals surface area contributed by atoms with Gasteiger partial charge in [-0.15, -0.1) is 0 Å². The first-order chi connectivity index (χ1) is 16.0. The first-order valence-corrected chi connectivity index (χ1v) is 11.2. The molecule has 0 aliphatic carbocycles. The van der Waals surface area contributed by atoms with E-state index in [4.69, 9.17) is 14.2 Å². The number of methoxy groups -OCH3 is 1. The van der Waals surface area contributed by atoms with E-state index in [1.807, 2.05) is 29.2 Å². The first-order valence-electron chi connectivity index (χ1n) is 11.2. The van der Waals surface area contributed by atoms with E-state index < -0.39 is 6.16 Å². The predicted molar refractivity (Wildman–Crippen MR) is 123 cm³/mol. The summed E-state index contributed by atoms with van der Waals surface area (Å²) in [6.45, 7) is 4.10.